The monoisotopic (exact) mass is 363 g/mol. The lowest BCUT2D eigenvalue weighted by atomic mass is 10.2. The Balaban J connectivity index is 2.19. The predicted molar refractivity (Wildman–Crippen MR) is 82.4 cm³/mol. The van der Waals surface area contributed by atoms with Crippen LogP contribution in [-0.2, 0) is 0 Å². The van der Waals surface area contributed by atoms with Gasteiger partial charge in [-0.2, -0.15) is 0 Å². The molecule has 19 heavy (non-hydrogen) atoms. The molecule has 2 aromatic heterocycles. The van der Waals surface area contributed by atoms with Crippen LogP contribution in [0.1, 0.15) is 5.69 Å². The fraction of sp³-hybridized carbons (Fsp3) is 0.0769. The van der Waals surface area contributed by atoms with E-state index >= 15 is 0 Å². The molecule has 0 saturated carbocycles. The van der Waals surface area contributed by atoms with Gasteiger partial charge in [0.05, 0.1) is 20.3 Å². The van der Waals surface area contributed by atoms with Crippen LogP contribution in [0.15, 0.2) is 30.6 Å². The normalized spacial score (nSPS) is 10.8. The Morgan fingerprint density at radius 1 is 1.05 bits per heavy atom. The number of fused-ring (bicyclic) bond motifs is 1. The van der Waals surface area contributed by atoms with E-state index in [4.69, 9.17) is 5.73 Å². The van der Waals surface area contributed by atoms with Gasteiger partial charge in [-0.25, -0.2) is 9.97 Å². The van der Waals surface area contributed by atoms with Crippen molar-refractivity contribution in [1.29, 1.82) is 0 Å². The van der Waals surface area contributed by atoms with Gasteiger partial charge in [0.15, 0.2) is 5.82 Å². The van der Waals surface area contributed by atoms with Gasteiger partial charge in [0.2, 0.25) is 0 Å². The number of aromatic nitrogens is 4. The molecular formula is C13H10IN5. The van der Waals surface area contributed by atoms with Crippen molar-refractivity contribution in [3.05, 3.63) is 39.9 Å². The first-order valence-electron chi connectivity index (χ1n) is 5.66. The quantitative estimate of drug-likeness (QED) is 0.673. The SMILES string of the molecule is Cc1nc(-c2ccc3nccnc3c2)nc(N)c1I. The summed E-state index contributed by atoms with van der Waals surface area (Å²) in [6.45, 7) is 1.92. The van der Waals surface area contributed by atoms with Crippen molar-refractivity contribution in [3.8, 4) is 11.4 Å². The Hall–Kier alpha value is -1.83. The number of rotatable bonds is 1. The Morgan fingerprint density at radius 2 is 1.79 bits per heavy atom. The first-order valence-corrected chi connectivity index (χ1v) is 6.74. The first-order chi connectivity index (χ1) is 9.15. The van der Waals surface area contributed by atoms with Crippen LogP contribution in [0.4, 0.5) is 5.82 Å². The standard InChI is InChI=1S/C13H10IN5/c1-7-11(14)12(15)19-13(18-7)8-2-3-9-10(6-8)17-5-4-16-9/h2-6H,1H3,(H2,15,18,19). The Morgan fingerprint density at radius 3 is 2.53 bits per heavy atom. The van der Waals surface area contributed by atoms with E-state index < -0.39 is 0 Å². The topological polar surface area (TPSA) is 77.6 Å². The number of halogens is 1. The summed E-state index contributed by atoms with van der Waals surface area (Å²) < 4.78 is 0.891. The molecule has 2 N–H and O–H groups in total. The molecule has 0 aliphatic rings. The van der Waals surface area contributed by atoms with Crippen LogP contribution in [0.2, 0.25) is 0 Å². The van der Waals surface area contributed by atoms with Gasteiger partial charge in [0.1, 0.15) is 5.82 Å². The lowest BCUT2D eigenvalue weighted by Crippen LogP contribution is -2.02. The maximum atomic E-state index is 5.88. The molecule has 0 aliphatic carbocycles. The third-order valence-corrected chi connectivity index (χ3v) is 4.10. The summed E-state index contributed by atoms with van der Waals surface area (Å²) in [6, 6.07) is 5.76. The molecule has 0 radical (unpaired) electrons. The number of hydrogen-bond acceptors (Lipinski definition) is 5. The molecule has 1 aromatic carbocycles. The van der Waals surface area contributed by atoms with E-state index in [1.54, 1.807) is 12.4 Å². The van der Waals surface area contributed by atoms with Gasteiger partial charge in [-0.3, -0.25) is 9.97 Å². The van der Waals surface area contributed by atoms with Crippen molar-refractivity contribution in [2.45, 2.75) is 6.92 Å². The lowest BCUT2D eigenvalue weighted by molar-refractivity contribution is 1.10. The number of aryl methyl sites for hydroxylation is 1. The van der Waals surface area contributed by atoms with Gasteiger partial charge in [0, 0.05) is 18.0 Å². The molecule has 0 aliphatic heterocycles. The van der Waals surface area contributed by atoms with Crippen molar-refractivity contribution in [3.63, 3.8) is 0 Å². The molecule has 0 fully saturated rings. The average molecular weight is 363 g/mol. The maximum absolute atomic E-state index is 5.88. The van der Waals surface area contributed by atoms with Crippen molar-refractivity contribution in [2.24, 2.45) is 0 Å². The van der Waals surface area contributed by atoms with Crippen LogP contribution < -0.4 is 5.73 Å². The molecule has 0 atom stereocenters. The van der Waals surface area contributed by atoms with Gasteiger partial charge < -0.3 is 5.73 Å². The summed E-state index contributed by atoms with van der Waals surface area (Å²) in [4.78, 5) is 17.3. The zero-order valence-corrected chi connectivity index (χ0v) is 12.3. The summed E-state index contributed by atoms with van der Waals surface area (Å²) in [5, 5.41) is 0. The Labute approximate surface area is 123 Å². The number of hydrogen-bond donors (Lipinski definition) is 1. The summed E-state index contributed by atoms with van der Waals surface area (Å²) in [5.74, 6) is 1.12. The average Bonchev–Trinajstić information content (AvgIpc) is 2.43. The molecule has 0 saturated heterocycles. The molecule has 0 amide bonds. The predicted octanol–water partition coefficient (Wildman–Crippen LogP) is 2.58. The minimum Gasteiger partial charge on any atom is -0.383 e. The van der Waals surface area contributed by atoms with Crippen LogP contribution in [-0.4, -0.2) is 19.9 Å². The van der Waals surface area contributed by atoms with Crippen LogP contribution in [0, 0.1) is 10.5 Å². The molecule has 3 aromatic rings. The van der Waals surface area contributed by atoms with Gasteiger partial charge in [-0.05, 0) is 47.7 Å². The molecule has 0 spiro atoms. The van der Waals surface area contributed by atoms with Crippen molar-refractivity contribution in [1.82, 2.24) is 19.9 Å². The highest BCUT2D eigenvalue weighted by molar-refractivity contribution is 14.1. The minimum absolute atomic E-state index is 0.502. The number of nitrogen functional groups attached to an aromatic ring is 1. The third kappa shape index (κ3) is 2.23. The van der Waals surface area contributed by atoms with E-state index in [0.29, 0.717) is 11.6 Å². The highest BCUT2D eigenvalue weighted by atomic mass is 127. The van der Waals surface area contributed by atoms with Gasteiger partial charge in [-0.15, -0.1) is 0 Å². The number of nitrogens with two attached hydrogens (primary N) is 1. The fourth-order valence-corrected chi connectivity index (χ4v) is 2.05. The Kier molecular flexibility index (Phi) is 3.02. The highest BCUT2D eigenvalue weighted by Gasteiger charge is 2.09. The van der Waals surface area contributed by atoms with Crippen molar-refractivity contribution in [2.75, 3.05) is 5.73 Å². The smallest absolute Gasteiger partial charge is 0.161 e. The molecule has 0 bridgehead atoms. The van der Waals surface area contributed by atoms with Crippen molar-refractivity contribution < 1.29 is 0 Å². The van der Waals surface area contributed by atoms with E-state index in [1.165, 1.54) is 0 Å². The van der Waals surface area contributed by atoms with Crippen LogP contribution >= 0.6 is 22.6 Å². The van der Waals surface area contributed by atoms with E-state index in [1.807, 2.05) is 25.1 Å². The molecular weight excluding hydrogens is 353 g/mol. The fourth-order valence-electron chi connectivity index (χ4n) is 1.81. The van der Waals surface area contributed by atoms with E-state index in [9.17, 15) is 0 Å². The van der Waals surface area contributed by atoms with Gasteiger partial charge in [0.25, 0.3) is 0 Å². The molecule has 0 unspecified atom stereocenters. The largest absolute Gasteiger partial charge is 0.383 e. The summed E-state index contributed by atoms with van der Waals surface area (Å²) in [6.07, 6.45) is 3.34. The van der Waals surface area contributed by atoms with Gasteiger partial charge in [-0.1, -0.05) is 0 Å². The van der Waals surface area contributed by atoms with Crippen molar-refractivity contribution >= 4 is 39.4 Å². The van der Waals surface area contributed by atoms with Crippen LogP contribution in [0.3, 0.4) is 0 Å². The molecule has 3 rings (SSSR count). The Bertz CT molecular complexity index is 749. The molecule has 5 nitrogen and oxygen atoms in total. The van der Waals surface area contributed by atoms with Gasteiger partial charge >= 0.3 is 0 Å². The van der Waals surface area contributed by atoms with E-state index in [2.05, 4.69) is 42.5 Å². The summed E-state index contributed by atoms with van der Waals surface area (Å²) in [7, 11) is 0. The highest BCUT2D eigenvalue weighted by Crippen LogP contribution is 2.23. The molecule has 2 heterocycles. The summed E-state index contributed by atoms with van der Waals surface area (Å²) in [5.41, 5.74) is 9.32. The zero-order chi connectivity index (χ0) is 13.4. The molecule has 94 valence electrons. The third-order valence-electron chi connectivity index (χ3n) is 2.77. The lowest BCUT2D eigenvalue weighted by Gasteiger charge is -2.06. The second kappa shape index (κ2) is 4.69. The maximum Gasteiger partial charge on any atom is 0.161 e. The first kappa shape index (κ1) is 12.2. The second-order valence-electron chi connectivity index (χ2n) is 4.09. The minimum atomic E-state index is 0.502. The molecule has 6 heteroatoms. The van der Waals surface area contributed by atoms with Crippen LogP contribution in [0.25, 0.3) is 22.4 Å². The zero-order valence-electron chi connectivity index (χ0n) is 10.1. The van der Waals surface area contributed by atoms with E-state index in [0.717, 1.165) is 25.9 Å². The number of nitrogens with zero attached hydrogens (tertiary/aromatic N) is 4. The second-order valence-corrected chi connectivity index (χ2v) is 5.17. The number of benzene rings is 1. The summed E-state index contributed by atoms with van der Waals surface area (Å²) >= 11 is 2.15. The number of anilines is 1. The van der Waals surface area contributed by atoms with Crippen LogP contribution in [0.5, 0.6) is 0 Å². The van der Waals surface area contributed by atoms with E-state index in [-0.39, 0.29) is 0 Å².